The molecule has 5 heteroatoms. The van der Waals surface area contributed by atoms with Gasteiger partial charge in [-0.3, -0.25) is 0 Å². The second-order valence-electron chi connectivity index (χ2n) is 5.43. The molecule has 1 fully saturated rings. The number of aromatic carboxylic acids is 1. The summed E-state index contributed by atoms with van der Waals surface area (Å²) in [6.45, 7) is 5.97. The summed E-state index contributed by atoms with van der Waals surface area (Å²) in [4.78, 5) is 11.2. The number of hydrogen-bond donors (Lipinski definition) is 1. The topological polar surface area (TPSA) is 60.7 Å². The maximum Gasteiger partial charge on any atom is 0.337 e. The monoisotopic (exact) mass is 281 g/mol. The highest BCUT2D eigenvalue weighted by molar-refractivity contribution is 5.89. The van der Waals surface area contributed by atoms with Gasteiger partial charge < -0.3 is 19.1 Å². The average Bonchev–Trinajstić information content (AvgIpc) is 2.84. The van der Waals surface area contributed by atoms with Crippen LogP contribution < -0.4 is 0 Å². The Kier molecular flexibility index (Phi) is 5.20. The number of ether oxygens (including phenoxy) is 2. The van der Waals surface area contributed by atoms with Gasteiger partial charge >= 0.3 is 5.97 Å². The fraction of sp³-hybridized carbons (Fsp3) is 0.667. The van der Waals surface area contributed by atoms with E-state index in [9.17, 15) is 9.90 Å². The van der Waals surface area contributed by atoms with Crippen LogP contribution in [0, 0.1) is 0 Å². The van der Waals surface area contributed by atoms with E-state index in [2.05, 4.69) is 0 Å². The van der Waals surface area contributed by atoms with Gasteiger partial charge in [-0.05, 0) is 31.2 Å². The van der Waals surface area contributed by atoms with Gasteiger partial charge in [0.2, 0.25) is 0 Å². The first-order valence-electron chi connectivity index (χ1n) is 7.25. The second-order valence-corrected chi connectivity index (χ2v) is 5.43. The summed E-state index contributed by atoms with van der Waals surface area (Å²) in [7, 11) is 0. The van der Waals surface area contributed by atoms with Crippen LogP contribution in [0.2, 0.25) is 0 Å². The van der Waals surface area contributed by atoms with E-state index in [4.69, 9.17) is 9.47 Å². The van der Waals surface area contributed by atoms with Gasteiger partial charge in [-0.1, -0.05) is 13.8 Å². The first kappa shape index (κ1) is 15.1. The third kappa shape index (κ3) is 3.61. The van der Waals surface area contributed by atoms with Gasteiger partial charge in [0.15, 0.2) is 6.29 Å². The van der Waals surface area contributed by atoms with Gasteiger partial charge in [0, 0.05) is 25.0 Å². The van der Waals surface area contributed by atoms with Gasteiger partial charge in [-0.15, -0.1) is 0 Å². The molecule has 0 aromatic carbocycles. The van der Waals surface area contributed by atoms with Crippen molar-refractivity contribution < 1.29 is 19.4 Å². The normalized spacial score (nSPS) is 19.4. The SMILES string of the molecule is CC(C)c1c(C(=O)O)ccn1CCOC1CCCCO1. The molecule has 0 amide bonds. The minimum absolute atomic E-state index is 0.0965. The second kappa shape index (κ2) is 6.90. The third-order valence-corrected chi connectivity index (χ3v) is 3.56. The van der Waals surface area contributed by atoms with Crippen molar-refractivity contribution in [3.63, 3.8) is 0 Å². The number of carbonyl (C=O) groups is 1. The van der Waals surface area contributed by atoms with E-state index in [1.807, 2.05) is 24.6 Å². The molecule has 5 nitrogen and oxygen atoms in total. The predicted molar refractivity (Wildman–Crippen MR) is 75.0 cm³/mol. The van der Waals surface area contributed by atoms with Gasteiger partial charge in [0.05, 0.1) is 12.2 Å². The van der Waals surface area contributed by atoms with E-state index in [-0.39, 0.29) is 12.2 Å². The molecule has 0 aliphatic carbocycles. The smallest absolute Gasteiger partial charge is 0.337 e. The lowest BCUT2D eigenvalue weighted by Gasteiger charge is -2.23. The van der Waals surface area contributed by atoms with Crippen LogP contribution in [0.25, 0.3) is 0 Å². The Hall–Kier alpha value is -1.33. The zero-order chi connectivity index (χ0) is 14.5. The average molecular weight is 281 g/mol. The Morgan fingerprint density at radius 1 is 1.55 bits per heavy atom. The van der Waals surface area contributed by atoms with Crippen LogP contribution in [0.4, 0.5) is 0 Å². The Bertz CT molecular complexity index is 447. The van der Waals surface area contributed by atoms with E-state index in [0.29, 0.717) is 18.7 Å². The molecule has 1 atom stereocenters. The molecular formula is C15H23NO4. The van der Waals surface area contributed by atoms with Crippen molar-refractivity contribution in [2.45, 2.75) is 51.9 Å². The summed E-state index contributed by atoms with van der Waals surface area (Å²) in [5.74, 6) is -0.703. The van der Waals surface area contributed by atoms with Crippen LogP contribution in [-0.4, -0.2) is 35.1 Å². The Labute approximate surface area is 119 Å². The Morgan fingerprint density at radius 2 is 2.35 bits per heavy atom. The minimum atomic E-state index is -0.871. The van der Waals surface area contributed by atoms with Crippen molar-refractivity contribution in [1.82, 2.24) is 4.57 Å². The summed E-state index contributed by atoms with van der Waals surface area (Å²) in [5.41, 5.74) is 1.24. The van der Waals surface area contributed by atoms with Crippen molar-refractivity contribution in [2.24, 2.45) is 0 Å². The lowest BCUT2D eigenvalue weighted by molar-refractivity contribution is -0.163. The molecule has 1 aromatic heterocycles. The molecule has 20 heavy (non-hydrogen) atoms. The first-order chi connectivity index (χ1) is 9.59. The molecule has 2 rings (SSSR count). The quantitative estimate of drug-likeness (QED) is 0.871. The number of aromatic nitrogens is 1. The van der Waals surface area contributed by atoms with Crippen LogP contribution in [0.3, 0.4) is 0 Å². The fourth-order valence-electron chi connectivity index (χ4n) is 2.63. The van der Waals surface area contributed by atoms with Crippen molar-refractivity contribution in [3.8, 4) is 0 Å². The summed E-state index contributed by atoms with van der Waals surface area (Å²) < 4.78 is 13.2. The highest BCUT2D eigenvalue weighted by atomic mass is 16.7. The molecule has 1 saturated heterocycles. The molecule has 1 N–H and O–H groups in total. The maximum absolute atomic E-state index is 11.2. The van der Waals surface area contributed by atoms with Gasteiger partial charge in [0.1, 0.15) is 0 Å². The highest BCUT2D eigenvalue weighted by Crippen LogP contribution is 2.21. The molecule has 1 aliphatic heterocycles. The number of carboxylic acid groups (broad SMARTS) is 1. The molecule has 112 valence electrons. The lowest BCUT2D eigenvalue weighted by atomic mass is 10.1. The van der Waals surface area contributed by atoms with Crippen molar-refractivity contribution in [1.29, 1.82) is 0 Å². The van der Waals surface area contributed by atoms with Gasteiger partial charge in [-0.2, -0.15) is 0 Å². The molecule has 0 spiro atoms. The van der Waals surface area contributed by atoms with E-state index in [1.54, 1.807) is 6.07 Å². The molecule has 0 radical (unpaired) electrons. The van der Waals surface area contributed by atoms with Crippen molar-refractivity contribution >= 4 is 5.97 Å². The zero-order valence-electron chi connectivity index (χ0n) is 12.2. The van der Waals surface area contributed by atoms with E-state index in [0.717, 1.165) is 31.6 Å². The molecule has 0 saturated carbocycles. The van der Waals surface area contributed by atoms with Gasteiger partial charge in [0.25, 0.3) is 0 Å². The van der Waals surface area contributed by atoms with E-state index >= 15 is 0 Å². The molecule has 1 aliphatic rings. The largest absolute Gasteiger partial charge is 0.478 e. The summed E-state index contributed by atoms with van der Waals surface area (Å²) in [6, 6.07) is 1.66. The van der Waals surface area contributed by atoms with Crippen molar-refractivity contribution in [2.75, 3.05) is 13.2 Å². The molecular weight excluding hydrogens is 258 g/mol. The zero-order valence-corrected chi connectivity index (χ0v) is 12.2. The van der Waals surface area contributed by atoms with E-state index < -0.39 is 5.97 Å². The Balaban J connectivity index is 1.93. The predicted octanol–water partition coefficient (Wildman–Crippen LogP) is 2.85. The van der Waals surface area contributed by atoms with Crippen LogP contribution >= 0.6 is 0 Å². The van der Waals surface area contributed by atoms with Crippen LogP contribution in [0.1, 0.15) is 55.1 Å². The Morgan fingerprint density at radius 3 is 2.95 bits per heavy atom. The van der Waals surface area contributed by atoms with Crippen LogP contribution in [-0.2, 0) is 16.0 Å². The van der Waals surface area contributed by atoms with Crippen LogP contribution in [0.5, 0.6) is 0 Å². The standard InChI is InChI=1S/C15H23NO4/c1-11(2)14-12(15(17)18)6-7-16(14)8-10-20-13-5-3-4-9-19-13/h6-7,11,13H,3-5,8-10H2,1-2H3,(H,17,18). The number of nitrogens with zero attached hydrogens (tertiary/aromatic N) is 1. The fourth-order valence-corrected chi connectivity index (χ4v) is 2.63. The van der Waals surface area contributed by atoms with Crippen molar-refractivity contribution in [3.05, 3.63) is 23.5 Å². The summed E-state index contributed by atoms with van der Waals surface area (Å²) >= 11 is 0. The summed E-state index contributed by atoms with van der Waals surface area (Å²) in [6.07, 6.45) is 4.93. The number of hydrogen-bond acceptors (Lipinski definition) is 3. The van der Waals surface area contributed by atoms with E-state index in [1.165, 1.54) is 0 Å². The number of carboxylic acids is 1. The van der Waals surface area contributed by atoms with Gasteiger partial charge in [-0.25, -0.2) is 4.79 Å². The third-order valence-electron chi connectivity index (χ3n) is 3.56. The van der Waals surface area contributed by atoms with Crippen LogP contribution in [0.15, 0.2) is 12.3 Å². The molecule has 1 unspecified atom stereocenters. The summed E-state index contributed by atoms with van der Waals surface area (Å²) in [5, 5.41) is 9.19. The lowest BCUT2D eigenvalue weighted by Crippen LogP contribution is -2.24. The highest BCUT2D eigenvalue weighted by Gasteiger charge is 2.18. The maximum atomic E-state index is 11.2. The number of rotatable bonds is 6. The minimum Gasteiger partial charge on any atom is -0.478 e. The molecule has 0 bridgehead atoms. The molecule has 1 aromatic rings. The molecule has 2 heterocycles. The first-order valence-corrected chi connectivity index (χ1v) is 7.25.